The van der Waals surface area contributed by atoms with E-state index >= 15 is 0 Å². The average molecular weight is 421 g/mol. The molecule has 9 nitrogen and oxygen atoms in total. The molecule has 0 radical (unpaired) electrons. The topological polar surface area (TPSA) is 136 Å². The fourth-order valence-corrected chi connectivity index (χ4v) is 2.98. The molecule has 1 aromatic heterocycles. The van der Waals surface area contributed by atoms with Crippen molar-refractivity contribution in [2.24, 2.45) is 0 Å². The van der Waals surface area contributed by atoms with E-state index in [2.05, 4.69) is 10.1 Å². The molecule has 9 heteroatoms. The molecule has 0 atom stereocenters. The number of fused-ring (bicyclic) bond motifs is 1. The molecule has 3 rings (SSSR count). The lowest BCUT2D eigenvalue weighted by Gasteiger charge is -2.12. The number of aromatic hydroxyl groups is 1. The Hall–Kier alpha value is -4.32. The second-order valence-electron chi connectivity index (χ2n) is 6.51. The molecule has 158 valence electrons. The highest BCUT2D eigenvalue weighted by Gasteiger charge is 2.29. The van der Waals surface area contributed by atoms with Crippen molar-refractivity contribution in [2.45, 2.75) is 12.8 Å². The summed E-state index contributed by atoms with van der Waals surface area (Å²) in [4.78, 5) is 23.6. The Morgan fingerprint density at radius 1 is 1.16 bits per heavy atom. The van der Waals surface area contributed by atoms with E-state index < -0.39 is 23.3 Å². The van der Waals surface area contributed by atoms with Gasteiger partial charge < -0.3 is 25.1 Å². The monoisotopic (exact) mass is 421 g/mol. The zero-order valence-corrected chi connectivity index (χ0v) is 16.6. The van der Waals surface area contributed by atoms with Crippen LogP contribution in [0, 0.1) is 16.5 Å². The molecule has 0 fully saturated rings. The van der Waals surface area contributed by atoms with Crippen molar-refractivity contribution in [1.82, 2.24) is 5.32 Å². The standard InChI is InChI=1S/C22H19N3O6/c1-30-19(26)8-5-11-24-22(28)20-21(27)16-10-9-15(31-14-6-3-2-4-7-14)12-17(16)18(13-23)25(20)29/h2-4,6-7,9-10,12,27H,5,8,11H2,1H3,(H,24,28). The molecule has 0 saturated carbocycles. The number of methoxy groups -OCH3 is 1. The van der Waals surface area contributed by atoms with Gasteiger partial charge in [-0.3, -0.25) is 9.59 Å². The molecule has 1 heterocycles. The molecule has 2 N–H and O–H groups in total. The van der Waals surface area contributed by atoms with Crippen LogP contribution in [0.15, 0.2) is 48.5 Å². The van der Waals surface area contributed by atoms with Gasteiger partial charge in [0.2, 0.25) is 5.75 Å². The van der Waals surface area contributed by atoms with Crippen molar-refractivity contribution >= 4 is 22.6 Å². The van der Waals surface area contributed by atoms with Crippen LogP contribution in [0.3, 0.4) is 0 Å². The number of hydrogen-bond donors (Lipinski definition) is 2. The number of nitriles is 1. The van der Waals surface area contributed by atoms with Crippen LogP contribution in [-0.4, -0.2) is 30.6 Å². The molecule has 2 aromatic carbocycles. The minimum absolute atomic E-state index is 0.0805. The molecule has 0 aliphatic rings. The number of hydrogen-bond acceptors (Lipinski definition) is 7. The van der Waals surface area contributed by atoms with Gasteiger partial charge in [0, 0.05) is 18.4 Å². The summed E-state index contributed by atoms with van der Waals surface area (Å²) in [7, 11) is 1.26. The average Bonchev–Trinajstić information content (AvgIpc) is 2.77. The normalized spacial score (nSPS) is 10.3. The van der Waals surface area contributed by atoms with Crippen LogP contribution in [0.5, 0.6) is 17.2 Å². The largest absolute Gasteiger partial charge is 0.617 e. The maximum Gasteiger partial charge on any atom is 0.325 e. The molecule has 31 heavy (non-hydrogen) atoms. The summed E-state index contributed by atoms with van der Waals surface area (Å²) >= 11 is 0. The van der Waals surface area contributed by atoms with Gasteiger partial charge in [-0.15, -0.1) is 4.73 Å². The molecular formula is C22H19N3O6. The molecule has 0 unspecified atom stereocenters. The van der Waals surface area contributed by atoms with Gasteiger partial charge in [-0.1, -0.05) is 18.2 Å². The summed E-state index contributed by atoms with van der Waals surface area (Å²) in [6.45, 7) is 0.0805. The summed E-state index contributed by atoms with van der Waals surface area (Å²) < 4.78 is 10.3. The highest BCUT2D eigenvalue weighted by Crippen LogP contribution is 2.32. The van der Waals surface area contributed by atoms with Gasteiger partial charge in [-0.05, 0) is 36.8 Å². The number of aromatic nitrogens is 1. The fourth-order valence-electron chi connectivity index (χ4n) is 2.98. The summed E-state index contributed by atoms with van der Waals surface area (Å²) in [6, 6.07) is 15.2. The Labute approximate surface area is 177 Å². The Morgan fingerprint density at radius 3 is 2.58 bits per heavy atom. The van der Waals surface area contributed by atoms with Crippen LogP contribution in [0.2, 0.25) is 0 Å². The SMILES string of the molecule is COC(=O)CCCNC(=O)c1c(O)c2ccc(Oc3ccccc3)cc2c(C#N)[n+]1[O-]. The van der Waals surface area contributed by atoms with Gasteiger partial charge in [0.05, 0.1) is 12.5 Å². The number of nitrogens with zero attached hydrogens (tertiary/aromatic N) is 2. The predicted molar refractivity (Wildman–Crippen MR) is 109 cm³/mol. The minimum atomic E-state index is -0.861. The molecule has 0 saturated heterocycles. The summed E-state index contributed by atoms with van der Waals surface area (Å²) in [5.41, 5.74) is -0.954. The first-order valence-corrected chi connectivity index (χ1v) is 9.36. The highest BCUT2D eigenvalue weighted by molar-refractivity contribution is 6.01. The van der Waals surface area contributed by atoms with E-state index in [0.717, 1.165) is 0 Å². The highest BCUT2D eigenvalue weighted by atomic mass is 16.5. The van der Waals surface area contributed by atoms with Gasteiger partial charge in [0.15, 0.2) is 6.07 Å². The van der Waals surface area contributed by atoms with E-state index in [1.807, 2.05) is 6.07 Å². The number of carbonyl (C=O) groups is 2. The van der Waals surface area contributed by atoms with Crippen molar-refractivity contribution in [3.05, 3.63) is 65.1 Å². The smallest absolute Gasteiger partial charge is 0.325 e. The summed E-state index contributed by atoms with van der Waals surface area (Å²) in [6.07, 6.45) is 0.377. The molecule has 0 aliphatic carbocycles. The minimum Gasteiger partial charge on any atom is -0.617 e. The molecule has 1 amide bonds. The number of carbonyl (C=O) groups excluding carboxylic acids is 2. The van der Waals surface area contributed by atoms with E-state index in [1.165, 1.54) is 19.2 Å². The number of nitrogens with one attached hydrogen (secondary N) is 1. The quantitative estimate of drug-likeness (QED) is 0.259. The van der Waals surface area contributed by atoms with Crippen LogP contribution in [-0.2, 0) is 9.53 Å². The third-order valence-corrected chi connectivity index (χ3v) is 4.50. The van der Waals surface area contributed by atoms with E-state index in [0.29, 0.717) is 11.5 Å². The van der Waals surface area contributed by atoms with E-state index in [4.69, 9.17) is 4.74 Å². The number of para-hydroxylation sites is 1. The fraction of sp³-hybridized carbons (Fsp3) is 0.182. The second kappa shape index (κ2) is 9.45. The van der Waals surface area contributed by atoms with Crippen LogP contribution < -0.4 is 14.8 Å². The van der Waals surface area contributed by atoms with Gasteiger partial charge >= 0.3 is 23.3 Å². The first-order chi connectivity index (χ1) is 15.0. The molecule has 0 bridgehead atoms. The Morgan fingerprint density at radius 2 is 1.90 bits per heavy atom. The number of ether oxygens (including phenoxy) is 2. The summed E-state index contributed by atoms with van der Waals surface area (Å²) in [5.74, 6) is -0.930. The van der Waals surface area contributed by atoms with Crippen molar-refractivity contribution < 1.29 is 28.9 Å². The van der Waals surface area contributed by atoms with Crippen LogP contribution >= 0.6 is 0 Å². The first-order valence-electron chi connectivity index (χ1n) is 9.36. The maximum atomic E-state index is 12.7. The third-order valence-electron chi connectivity index (χ3n) is 4.50. The van der Waals surface area contributed by atoms with Crippen molar-refractivity contribution in [2.75, 3.05) is 13.7 Å². The van der Waals surface area contributed by atoms with Crippen molar-refractivity contribution in [3.63, 3.8) is 0 Å². The van der Waals surface area contributed by atoms with Crippen LogP contribution in [0.4, 0.5) is 0 Å². The number of rotatable bonds is 7. The zero-order valence-electron chi connectivity index (χ0n) is 16.6. The van der Waals surface area contributed by atoms with Crippen molar-refractivity contribution in [1.29, 1.82) is 5.26 Å². The van der Waals surface area contributed by atoms with Crippen LogP contribution in [0.1, 0.15) is 29.0 Å². The van der Waals surface area contributed by atoms with Crippen LogP contribution in [0.25, 0.3) is 10.8 Å². The number of pyridine rings is 1. The van der Waals surface area contributed by atoms with Gasteiger partial charge in [-0.25, -0.2) is 0 Å². The predicted octanol–water partition coefficient (Wildman–Crippen LogP) is 2.53. The molecule has 3 aromatic rings. The van der Waals surface area contributed by atoms with E-state index in [9.17, 15) is 25.2 Å². The molecule has 0 spiro atoms. The first kappa shape index (κ1) is 21.4. The summed E-state index contributed by atoms with van der Waals surface area (Å²) in [5, 5.41) is 35.5. The lowest BCUT2D eigenvalue weighted by Crippen LogP contribution is -2.42. The lowest BCUT2D eigenvalue weighted by molar-refractivity contribution is -0.609. The number of amides is 1. The Balaban J connectivity index is 1.92. The van der Waals surface area contributed by atoms with Gasteiger partial charge in [-0.2, -0.15) is 5.26 Å². The molecular weight excluding hydrogens is 402 g/mol. The number of benzene rings is 2. The number of esters is 1. The van der Waals surface area contributed by atoms with E-state index in [1.54, 1.807) is 36.4 Å². The molecule has 0 aliphatic heterocycles. The Kier molecular flexibility index (Phi) is 6.52. The maximum absolute atomic E-state index is 12.7. The van der Waals surface area contributed by atoms with E-state index in [-0.39, 0.29) is 40.6 Å². The third kappa shape index (κ3) is 4.64. The Bertz CT molecular complexity index is 1170. The van der Waals surface area contributed by atoms with Crippen molar-refractivity contribution in [3.8, 4) is 23.3 Å². The second-order valence-corrected chi connectivity index (χ2v) is 6.51. The zero-order chi connectivity index (χ0) is 22.4. The van der Waals surface area contributed by atoms with Gasteiger partial charge in [0.1, 0.15) is 11.5 Å². The van der Waals surface area contributed by atoms with Gasteiger partial charge in [0.25, 0.3) is 0 Å². The lowest BCUT2D eigenvalue weighted by atomic mass is 10.1.